The lowest BCUT2D eigenvalue weighted by molar-refractivity contribution is -0.390. The Morgan fingerprint density at radius 1 is 1.50 bits per heavy atom. The number of hydrogen-bond donors (Lipinski definition) is 3. The molecule has 0 bridgehead atoms. The smallest absolute Gasteiger partial charge is 0.406 e. The Hall–Kier alpha value is -2.24. The first kappa shape index (κ1) is 11.8. The fraction of sp³-hybridized carbons (Fsp3) is 0.250. The van der Waals surface area contributed by atoms with Crippen molar-refractivity contribution in [3.8, 4) is 11.8 Å². The molecule has 0 aromatic carbocycles. The highest BCUT2D eigenvalue weighted by atomic mass is 16.6. The number of aromatic nitrogens is 1. The number of rotatable bonds is 3. The number of aliphatic hydroxyl groups excluding tert-OH is 2. The van der Waals surface area contributed by atoms with Crippen molar-refractivity contribution in [1.82, 2.24) is 4.98 Å². The van der Waals surface area contributed by atoms with Gasteiger partial charge in [0.1, 0.15) is 0 Å². The molecule has 0 saturated carbocycles. The SMILES string of the molecule is N#CC(O)C(O)c1ccc(O)c([N+](=O)[O-])n1. The van der Waals surface area contributed by atoms with Crippen molar-refractivity contribution in [1.29, 1.82) is 5.26 Å². The predicted octanol–water partition coefficient (Wildman–Crippen LogP) is -0.387. The topological polar surface area (TPSA) is 141 Å². The van der Waals surface area contributed by atoms with Crippen molar-refractivity contribution >= 4 is 5.82 Å². The number of aliphatic hydroxyl groups is 2. The highest BCUT2D eigenvalue weighted by molar-refractivity contribution is 5.39. The maximum Gasteiger partial charge on any atom is 0.406 e. The summed E-state index contributed by atoms with van der Waals surface area (Å²) < 4.78 is 0. The van der Waals surface area contributed by atoms with Gasteiger partial charge in [-0.2, -0.15) is 5.26 Å². The van der Waals surface area contributed by atoms with Crippen LogP contribution in [0.25, 0.3) is 0 Å². The highest BCUT2D eigenvalue weighted by Gasteiger charge is 2.26. The Balaban J connectivity index is 3.13. The van der Waals surface area contributed by atoms with Crippen molar-refractivity contribution < 1.29 is 20.2 Å². The molecule has 0 spiro atoms. The van der Waals surface area contributed by atoms with Crippen molar-refractivity contribution in [2.75, 3.05) is 0 Å². The second-order valence-corrected chi connectivity index (χ2v) is 2.85. The molecule has 0 aliphatic heterocycles. The van der Waals surface area contributed by atoms with E-state index in [1.165, 1.54) is 6.07 Å². The van der Waals surface area contributed by atoms with E-state index in [4.69, 9.17) is 15.5 Å². The molecule has 2 unspecified atom stereocenters. The van der Waals surface area contributed by atoms with Crippen LogP contribution in [-0.4, -0.2) is 31.3 Å². The Kier molecular flexibility index (Phi) is 3.34. The molecule has 16 heavy (non-hydrogen) atoms. The summed E-state index contributed by atoms with van der Waals surface area (Å²) >= 11 is 0. The zero-order valence-corrected chi connectivity index (χ0v) is 7.81. The summed E-state index contributed by atoms with van der Waals surface area (Å²) in [4.78, 5) is 12.8. The maximum atomic E-state index is 10.4. The molecule has 0 amide bonds. The van der Waals surface area contributed by atoms with E-state index in [1.807, 2.05) is 0 Å². The third-order valence-electron chi connectivity index (χ3n) is 1.78. The Morgan fingerprint density at radius 2 is 2.12 bits per heavy atom. The first-order valence-electron chi connectivity index (χ1n) is 4.07. The minimum absolute atomic E-state index is 0.265. The van der Waals surface area contributed by atoms with Gasteiger partial charge in [-0.05, 0) is 22.0 Å². The van der Waals surface area contributed by atoms with E-state index in [0.717, 1.165) is 12.1 Å². The average molecular weight is 225 g/mol. The van der Waals surface area contributed by atoms with Crippen LogP contribution in [0.1, 0.15) is 11.8 Å². The third-order valence-corrected chi connectivity index (χ3v) is 1.78. The van der Waals surface area contributed by atoms with E-state index >= 15 is 0 Å². The van der Waals surface area contributed by atoms with E-state index in [-0.39, 0.29) is 5.69 Å². The summed E-state index contributed by atoms with van der Waals surface area (Å²) in [6, 6.07) is 3.39. The molecule has 1 aromatic heterocycles. The van der Waals surface area contributed by atoms with Crippen LogP contribution in [0.15, 0.2) is 12.1 Å². The lowest BCUT2D eigenvalue weighted by atomic mass is 10.1. The third kappa shape index (κ3) is 2.22. The highest BCUT2D eigenvalue weighted by Crippen LogP contribution is 2.25. The zero-order valence-electron chi connectivity index (χ0n) is 7.81. The van der Waals surface area contributed by atoms with Crippen LogP contribution in [0, 0.1) is 21.4 Å². The summed E-state index contributed by atoms with van der Waals surface area (Å²) in [6.45, 7) is 0. The van der Waals surface area contributed by atoms with Gasteiger partial charge in [0, 0.05) is 0 Å². The Labute approximate surface area is 89.2 Å². The minimum atomic E-state index is -1.74. The fourth-order valence-corrected chi connectivity index (χ4v) is 0.987. The molecular weight excluding hydrogens is 218 g/mol. The second-order valence-electron chi connectivity index (χ2n) is 2.85. The molecule has 0 aliphatic carbocycles. The Bertz CT molecular complexity index is 455. The molecule has 0 radical (unpaired) electrons. The van der Waals surface area contributed by atoms with Crippen LogP contribution < -0.4 is 0 Å². The second kappa shape index (κ2) is 4.52. The zero-order chi connectivity index (χ0) is 12.3. The van der Waals surface area contributed by atoms with Gasteiger partial charge in [0.15, 0.2) is 17.9 Å². The van der Waals surface area contributed by atoms with Gasteiger partial charge in [-0.25, -0.2) is 0 Å². The molecule has 0 aliphatic rings. The molecule has 8 heteroatoms. The number of nitro groups is 1. The standard InChI is InChI=1S/C8H7N3O5/c9-3-6(13)7(14)4-1-2-5(12)8(10-4)11(15)16/h1-2,6-7,12-14H. The average Bonchev–Trinajstić information content (AvgIpc) is 2.27. The molecule has 2 atom stereocenters. The van der Waals surface area contributed by atoms with E-state index in [2.05, 4.69) is 4.98 Å². The van der Waals surface area contributed by atoms with Crippen LogP contribution in [0.3, 0.4) is 0 Å². The van der Waals surface area contributed by atoms with Crippen LogP contribution in [0.2, 0.25) is 0 Å². The van der Waals surface area contributed by atoms with Crippen LogP contribution in [0.5, 0.6) is 5.75 Å². The van der Waals surface area contributed by atoms with Gasteiger partial charge in [0.25, 0.3) is 0 Å². The lowest BCUT2D eigenvalue weighted by Gasteiger charge is -2.07. The molecule has 1 aromatic rings. The molecule has 8 nitrogen and oxygen atoms in total. The number of pyridine rings is 1. The fourth-order valence-electron chi connectivity index (χ4n) is 0.987. The van der Waals surface area contributed by atoms with E-state index in [0.29, 0.717) is 0 Å². The van der Waals surface area contributed by atoms with Gasteiger partial charge in [-0.3, -0.25) is 0 Å². The van der Waals surface area contributed by atoms with E-state index < -0.39 is 28.7 Å². The van der Waals surface area contributed by atoms with Crippen LogP contribution >= 0.6 is 0 Å². The summed E-state index contributed by atoms with van der Waals surface area (Å²) in [5.41, 5.74) is -0.265. The lowest BCUT2D eigenvalue weighted by Crippen LogP contribution is -2.17. The van der Waals surface area contributed by atoms with Crippen LogP contribution in [0.4, 0.5) is 5.82 Å². The monoisotopic (exact) mass is 225 g/mol. The summed E-state index contributed by atoms with van der Waals surface area (Å²) in [6.07, 6.45) is -3.40. The number of aromatic hydroxyl groups is 1. The van der Waals surface area contributed by atoms with E-state index in [1.54, 1.807) is 0 Å². The quantitative estimate of drug-likeness (QED) is 0.361. The molecule has 1 heterocycles. The molecule has 3 N–H and O–H groups in total. The van der Waals surface area contributed by atoms with Gasteiger partial charge in [-0.15, -0.1) is 0 Å². The normalized spacial score (nSPS) is 13.8. The largest absolute Gasteiger partial charge is 0.501 e. The van der Waals surface area contributed by atoms with E-state index in [9.17, 15) is 15.2 Å². The molecule has 0 saturated heterocycles. The molecule has 1 rings (SSSR count). The Morgan fingerprint density at radius 3 is 2.62 bits per heavy atom. The van der Waals surface area contributed by atoms with Gasteiger partial charge in [-0.1, -0.05) is 0 Å². The number of hydrogen-bond acceptors (Lipinski definition) is 7. The minimum Gasteiger partial charge on any atom is -0.501 e. The first-order chi connectivity index (χ1) is 7.47. The first-order valence-corrected chi connectivity index (χ1v) is 4.07. The summed E-state index contributed by atoms with van der Waals surface area (Å²) in [5, 5.41) is 46.2. The van der Waals surface area contributed by atoms with Gasteiger partial charge in [0.05, 0.1) is 6.07 Å². The number of nitriles is 1. The van der Waals surface area contributed by atoms with Crippen molar-refractivity contribution in [2.24, 2.45) is 0 Å². The van der Waals surface area contributed by atoms with Crippen LogP contribution in [-0.2, 0) is 0 Å². The molecule has 84 valence electrons. The van der Waals surface area contributed by atoms with Crippen molar-refractivity contribution in [3.05, 3.63) is 27.9 Å². The summed E-state index contributed by atoms with van der Waals surface area (Å²) in [5.74, 6) is -1.51. The van der Waals surface area contributed by atoms with Crippen molar-refractivity contribution in [2.45, 2.75) is 12.2 Å². The van der Waals surface area contributed by atoms with Gasteiger partial charge >= 0.3 is 5.82 Å². The molecular formula is C8H7N3O5. The van der Waals surface area contributed by atoms with Crippen molar-refractivity contribution in [3.63, 3.8) is 0 Å². The maximum absolute atomic E-state index is 10.4. The van der Waals surface area contributed by atoms with Gasteiger partial charge in [0.2, 0.25) is 5.75 Å². The summed E-state index contributed by atoms with van der Waals surface area (Å²) in [7, 11) is 0. The molecule has 0 fully saturated rings. The predicted molar refractivity (Wildman–Crippen MR) is 49.1 cm³/mol. The number of nitrogens with zero attached hydrogens (tertiary/aromatic N) is 3. The van der Waals surface area contributed by atoms with Gasteiger partial charge < -0.3 is 25.4 Å².